The van der Waals surface area contributed by atoms with Crippen molar-refractivity contribution in [3.05, 3.63) is 42.1 Å². The van der Waals surface area contributed by atoms with Gasteiger partial charge in [0.05, 0.1) is 23.2 Å². The minimum atomic E-state index is -0.915. The number of halogens is 2. The van der Waals surface area contributed by atoms with E-state index in [0.717, 1.165) is 75.1 Å². The van der Waals surface area contributed by atoms with Crippen LogP contribution >= 0.6 is 0 Å². The molecule has 36 heavy (non-hydrogen) atoms. The van der Waals surface area contributed by atoms with Crippen LogP contribution in [0.5, 0.6) is 0 Å². The second kappa shape index (κ2) is 9.42. The Balaban J connectivity index is 1.01. The Morgan fingerprint density at radius 2 is 1.78 bits per heavy atom. The molecule has 2 aromatic heterocycles. The molecule has 6 rings (SSSR count). The molecular weight excluding hydrogens is 466 g/mol. The first kappa shape index (κ1) is 23.3. The summed E-state index contributed by atoms with van der Waals surface area (Å²) in [5.41, 5.74) is 1.58. The van der Waals surface area contributed by atoms with Crippen LogP contribution in [-0.2, 0) is 9.53 Å². The number of benzene rings is 1. The van der Waals surface area contributed by atoms with Crippen LogP contribution in [0.25, 0.3) is 22.4 Å². The first-order chi connectivity index (χ1) is 17.4. The second-order valence-corrected chi connectivity index (χ2v) is 10.6. The standard InChI is InChI=1S/C27H30F2N4O3/c28-21-12-23-24(13-22(21)29)32-27(31-23)16-1-2-25(30-14-16)33-5-3-19(4-6-33)36-20-10-17-7-15(9-26(34)35)8-18(17)11-20/h1-2,12-15,17-20H,3-11H2,(H,31,32)(H,34,35)/t15?,17-,18?,20?/m0/s1. The molecule has 0 bridgehead atoms. The molecule has 3 aliphatic rings. The molecule has 3 fully saturated rings. The highest BCUT2D eigenvalue weighted by atomic mass is 19.2. The van der Waals surface area contributed by atoms with Crippen molar-refractivity contribution in [1.82, 2.24) is 15.0 Å². The number of ether oxygens (including phenoxy) is 1. The Morgan fingerprint density at radius 3 is 2.44 bits per heavy atom. The molecule has 3 unspecified atom stereocenters. The summed E-state index contributed by atoms with van der Waals surface area (Å²) in [6, 6.07) is 6.08. The summed E-state index contributed by atoms with van der Waals surface area (Å²) < 4.78 is 33.5. The van der Waals surface area contributed by atoms with E-state index in [9.17, 15) is 13.6 Å². The minimum Gasteiger partial charge on any atom is -0.481 e. The van der Waals surface area contributed by atoms with Crippen LogP contribution in [-0.4, -0.2) is 51.3 Å². The molecule has 3 aromatic rings. The van der Waals surface area contributed by atoms with Gasteiger partial charge in [-0.1, -0.05) is 0 Å². The van der Waals surface area contributed by atoms with Crippen LogP contribution in [0.2, 0.25) is 0 Å². The normalized spacial score (nSPS) is 26.6. The Kier molecular flexibility index (Phi) is 6.11. The molecule has 0 radical (unpaired) electrons. The van der Waals surface area contributed by atoms with Gasteiger partial charge in [-0.2, -0.15) is 0 Å². The Bertz CT molecular complexity index is 1200. The number of piperidine rings is 1. The van der Waals surface area contributed by atoms with Crippen LogP contribution in [0.1, 0.15) is 44.9 Å². The number of hydrogen-bond donors (Lipinski definition) is 2. The fraction of sp³-hybridized carbons (Fsp3) is 0.519. The number of H-pyrrole nitrogens is 1. The third kappa shape index (κ3) is 4.68. The predicted molar refractivity (Wildman–Crippen MR) is 131 cm³/mol. The highest BCUT2D eigenvalue weighted by Crippen LogP contribution is 2.49. The average Bonchev–Trinajstić information content (AvgIpc) is 3.53. The highest BCUT2D eigenvalue weighted by Gasteiger charge is 2.43. The molecule has 1 saturated heterocycles. The van der Waals surface area contributed by atoms with Gasteiger partial charge < -0.3 is 19.7 Å². The number of hydrogen-bond acceptors (Lipinski definition) is 5. The summed E-state index contributed by atoms with van der Waals surface area (Å²) in [5.74, 6) is 0.534. The lowest BCUT2D eigenvalue weighted by Crippen LogP contribution is -2.38. The zero-order valence-corrected chi connectivity index (χ0v) is 20.0. The monoisotopic (exact) mass is 496 g/mol. The van der Waals surface area contributed by atoms with Gasteiger partial charge in [0.1, 0.15) is 11.6 Å². The van der Waals surface area contributed by atoms with E-state index in [1.54, 1.807) is 6.20 Å². The summed E-state index contributed by atoms with van der Waals surface area (Å²) in [6.45, 7) is 1.75. The molecule has 9 heteroatoms. The third-order valence-electron chi connectivity index (χ3n) is 8.23. The zero-order valence-electron chi connectivity index (χ0n) is 20.0. The quantitative estimate of drug-likeness (QED) is 0.489. The lowest BCUT2D eigenvalue weighted by Gasteiger charge is -2.34. The van der Waals surface area contributed by atoms with E-state index in [4.69, 9.17) is 9.84 Å². The fourth-order valence-electron chi connectivity index (χ4n) is 6.56. The highest BCUT2D eigenvalue weighted by molar-refractivity contribution is 5.79. The largest absolute Gasteiger partial charge is 0.481 e. The van der Waals surface area contributed by atoms with E-state index in [0.29, 0.717) is 47.1 Å². The molecule has 190 valence electrons. The Labute approximate surface area is 207 Å². The number of aromatic amines is 1. The van der Waals surface area contributed by atoms with E-state index in [1.807, 2.05) is 12.1 Å². The number of aromatic nitrogens is 3. The van der Waals surface area contributed by atoms with Crippen LogP contribution in [0.3, 0.4) is 0 Å². The lowest BCUT2D eigenvalue weighted by molar-refractivity contribution is -0.138. The minimum absolute atomic E-state index is 0.260. The van der Waals surface area contributed by atoms with Gasteiger partial charge in [0.2, 0.25) is 0 Å². The van der Waals surface area contributed by atoms with Crippen LogP contribution in [0.15, 0.2) is 30.5 Å². The fourth-order valence-corrected chi connectivity index (χ4v) is 6.56. The van der Waals surface area contributed by atoms with E-state index in [2.05, 4.69) is 19.9 Å². The van der Waals surface area contributed by atoms with Gasteiger partial charge in [-0.15, -0.1) is 0 Å². The number of aliphatic carboxylic acids is 1. The van der Waals surface area contributed by atoms with Crippen molar-refractivity contribution in [3.8, 4) is 11.4 Å². The number of imidazole rings is 1. The van der Waals surface area contributed by atoms with E-state index >= 15 is 0 Å². The molecule has 1 aliphatic heterocycles. The molecule has 7 nitrogen and oxygen atoms in total. The molecule has 0 spiro atoms. The average molecular weight is 497 g/mol. The molecule has 2 N–H and O–H groups in total. The number of carboxylic acids is 1. The van der Waals surface area contributed by atoms with Gasteiger partial charge in [0.25, 0.3) is 0 Å². The topological polar surface area (TPSA) is 91.3 Å². The number of anilines is 1. The van der Waals surface area contributed by atoms with Crippen LogP contribution in [0.4, 0.5) is 14.6 Å². The maximum absolute atomic E-state index is 13.5. The first-order valence-electron chi connectivity index (χ1n) is 12.8. The third-order valence-corrected chi connectivity index (χ3v) is 8.23. The van der Waals surface area contributed by atoms with Gasteiger partial charge in [0.15, 0.2) is 11.6 Å². The Morgan fingerprint density at radius 1 is 1.06 bits per heavy atom. The van der Waals surface area contributed by atoms with E-state index in [-0.39, 0.29) is 6.10 Å². The summed E-state index contributed by atoms with van der Waals surface area (Å²) in [7, 11) is 0. The van der Waals surface area contributed by atoms with Crippen molar-refractivity contribution in [2.75, 3.05) is 18.0 Å². The van der Waals surface area contributed by atoms with E-state index < -0.39 is 17.6 Å². The van der Waals surface area contributed by atoms with Crippen LogP contribution < -0.4 is 4.90 Å². The lowest BCUT2D eigenvalue weighted by atomic mass is 9.99. The number of nitrogens with zero attached hydrogens (tertiary/aromatic N) is 3. The van der Waals surface area contributed by atoms with Crippen LogP contribution in [0, 0.1) is 29.4 Å². The smallest absolute Gasteiger partial charge is 0.303 e. The molecule has 3 heterocycles. The number of carboxylic acid groups (broad SMARTS) is 1. The Hall–Kier alpha value is -3.07. The van der Waals surface area contributed by atoms with Crippen molar-refractivity contribution in [1.29, 1.82) is 0 Å². The number of carbonyl (C=O) groups is 1. The summed E-state index contributed by atoms with van der Waals surface area (Å²) in [5, 5.41) is 9.06. The SMILES string of the molecule is O=C(O)CC1CC2CC(OC3CCN(c4ccc(-c5nc6cc(F)c(F)cc6[nH]5)cn4)CC3)C[C@@H]2C1. The predicted octanol–water partition coefficient (Wildman–Crippen LogP) is 5.17. The second-order valence-electron chi connectivity index (χ2n) is 10.6. The molecule has 1 aromatic carbocycles. The maximum atomic E-state index is 13.5. The van der Waals surface area contributed by atoms with Gasteiger partial charge in [-0.3, -0.25) is 4.79 Å². The molecule has 0 amide bonds. The van der Waals surface area contributed by atoms with E-state index in [1.165, 1.54) is 0 Å². The number of nitrogens with one attached hydrogen (secondary N) is 1. The molecule has 2 saturated carbocycles. The molecule has 2 aliphatic carbocycles. The molecular formula is C27H30F2N4O3. The van der Waals surface area contributed by atoms with Crippen molar-refractivity contribution in [3.63, 3.8) is 0 Å². The number of fused-ring (bicyclic) bond motifs is 2. The van der Waals surface area contributed by atoms with Crippen molar-refractivity contribution >= 4 is 22.8 Å². The number of pyridine rings is 1. The van der Waals surface area contributed by atoms with Crippen molar-refractivity contribution < 1.29 is 23.4 Å². The van der Waals surface area contributed by atoms with Gasteiger partial charge >= 0.3 is 5.97 Å². The number of rotatable bonds is 6. The summed E-state index contributed by atoms with van der Waals surface area (Å²) in [4.78, 5) is 25.3. The van der Waals surface area contributed by atoms with Gasteiger partial charge in [-0.25, -0.2) is 18.7 Å². The zero-order chi connectivity index (χ0) is 24.8. The maximum Gasteiger partial charge on any atom is 0.303 e. The van der Waals surface area contributed by atoms with Gasteiger partial charge in [0, 0.05) is 43.4 Å². The summed E-state index contributed by atoms with van der Waals surface area (Å²) >= 11 is 0. The summed E-state index contributed by atoms with van der Waals surface area (Å²) in [6.07, 6.45) is 8.76. The van der Waals surface area contributed by atoms with Gasteiger partial charge in [-0.05, 0) is 68.4 Å². The van der Waals surface area contributed by atoms with Crippen molar-refractivity contribution in [2.24, 2.45) is 17.8 Å². The van der Waals surface area contributed by atoms with Crippen molar-refractivity contribution in [2.45, 2.75) is 57.2 Å². The molecule has 4 atom stereocenters. The first-order valence-corrected chi connectivity index (χ1v) is 12.8.